The standard InChI is InChI=1S/C20H26N4O2/c1-3-8-19-18(13-21-24(19)17-10-5-4-6-11-17)22-20(26)16-9-7-12-23(14-16)15(2)25/h4-6,10-11,13,16H,3,7-9,12,14H2,1-2H3,(H,22,26)/t16-/m1/s1. The molecule has 3 rings (SSSR count). The first kappa shape index (κ1) is 18.2. The molecular weight excluding hydrogens is 328 g/mol. The molecule has 1 aliphatic rings. The van der Waals surface area contributed by atoms with Crippen LogP contribution in [0, 0.1) is 5.92 Å². The molecule has 6 nitrogen and oxygen atoms in total. The average Bonchev–Trinajstić information content (AvgIpc) is 3.05. The van der Waals surface area contributed by atoms with E-state index in [4.69, 9.17) is 0 Å². The van der Waals surface area contributed by atoms with Gasteiger partial charge in [0, 0.05) is 20.0 Å². The molecule has 26 heavy (non-hydrogen) atoms. The summed E-state index contributed by atoms with van der Waals surface area (Å²) in [6.07, 6.45) is 5.19. The number of nitrogens with one attached hydrogen (secondary N) is 1. The van der Waals surface area contributed by atoms with Crippen molar-refractivity contribution in [3.8, 4) is 5.69 Å². The molecule has 1 aliphatic heterocycles. The molecule has 1 saturated heterocycles. The van der Waals surface area contributed by atoms with Crippen molar-refractivity contribution in [1.82, 2.24) is 14.7 Å². The Morgan fingerprint density at radius 3 is 2.73 bits per heavy atom. The fraction of sp³-hybridized carbons (Fsp3) is 0.450. The number of piperidine rings is 1. The third kappa shape index (κ3) is 3.95. The molecule has 2 amide bonds. The van der Waals surface area contributed by atoms with Gasteiger partial charge in [0.05, 0.1) is 29.2 Å². The van der Waals surface area contributed by atoms with Gasteiger partial charge in [-0.15, -0.1) is 0 Å². The topological polar surface area (TPSA) is 67.2 Å². The van der Waals surface area contributed by atoms with E-state index < -0.39 is 0 Å². The van der Waals surface area contributed by atoms with Crippen LogP contribution in [0.1, 0.15) is 38.8 Å². The van der Waals surface area contributed by atoms with Gasteiger partial charge in [-0.25, -0.2) is 4.68 Å². The predicted octanol–water partition coefficient (Wildman–Crippen LogP) is 3.02. The molecule has 0 unspecified atom stereocenters. The lowest BCUT2D eigenvalue weighted by molar-refractivity contribution is -0.132. The Balaban J connectivity index is 1.78. The van der Waals surface area contributed by atoms with Crippen LogP contribution in [-0.4, -0.2) is 39.6 Å². The van der Waals surface area contributed by atoms with Crippen molar-refractivity contribution in [2.75, 3.05) is 18.4 Å². The molecule has 0 spiro atoms. The highest BCUT2D eigenvalue weighted by molar-refractivity contribution is 5.93. The van der Waals surface area contributed by atoms with Crippen LogP contribution in [0.5, 0.6) is 0 Å². The minimum Gasteiger partial charge on any atom is -0.342 e. The summed E-state index contributed by atoms with van der Waals surface area (Å²) in [6.45, 7) is 4.91. The molecule has 1 aromatic carbocycles. The Kier molecular flexibility index (Phi) is 5.71. The van der Waals surface area contributed by atoms with Crippen molar-refractivity contribution < 1.29 is 9.59 Å². The number of hydrogen-bond acceptors (Lipinski definition) is 3. The molecular formula is C20H26N4O2. The quantitative estimate of drug-likeness (QED) is 0.897. The van der Waals surface area contributed by atoms with Gasteiger partial charge in [-0.3, -0.25) is 9.59 Å². The summed E-state index contributed by atoms with van der Waals surface area (Å²) in [5.74, 6) is -0.158. The smallest absolute Gasteiger partial charge is 0.229 e. The summed E-state index contributed by atoms with van der Waals surface area (Å²) >= 11 is 0. The molecule has 1 aromatic heterocycles. The van der Waals surface area contributed by atoms with E-state index in [9.17, 15) is 9.59 Å². The third-order valence-electron chi connectivity index (χ3n) is 4.85. The number of rotatable bonds is 5. The van der Waals surface area contributed by atoms with Crippen LogP contribution < -0.4 is 5.32 Å². The van der Waals surface area contributed by atoms with Crippen LogP contribution in [0.4, 0.5) is 5.69 Å². The Bertz CT molecular complexity index is 769. The highest BCUT2D eigenvalue weighted by Gasteiger charge is 2.28. The SMILES string of the molecule is CCCc1c(NC(=O)[C@@H]2CCCN(C(C)=O)C2)cnn1-c1ccccc1. The molecule has 0 saturated carbocycles. The van der Waals surface area contributed by atoms with E-state index >= 15 is 0 Å². The second kappa shape index (κ2) is 8.17. The second-order valence-corrected chi connectivity index (χ2v) is 6.80. The average molecular weight is 354 g/mol. The van der Waals surface area contributed by atoms with E-state index in [-0.39, 0.29) is 17.7 Å². The Labute approximate surface area is 154 Å². The number of amides is 2. The van der Waals surface area contributed by atoms with Crippen LogP contribution in [0.15, 0.2) is 36.5 Å². The highest BCUT2D eigenvalue weighted by atomic mass is 16.2. The Hall–Kier alpha value is -2.63. The van der Waals surface area contributed by atoms with Crippen molar-refractivity contribution in [1.29, 1.82) is 0 Å². The first-order chi connectivity index (χ1) is 12.6. The molecule has 1 fully saturated rings. The van der Waals surface area contributed by atoms with Crippen molar-refractivity contribution in [3.05, 3.63) is 42.2 Å². The summed E-state index contributed by atoms with van der Waals surface area (Å²) < 4.78 is 1.89. The molecule has 0 bridgehead atoms. The number of likely N-dealkylation sites (tertiary alicyclic amines) is 1. The number of hydrogen-bond donors (Lipinski definition) is 1. The lowest BCUT2D eigenvalue weighted by Crippen LogP contribution is -2.42. The lowest BCUT2D eigenvalue weighted by Gasteiger charge is -2.31. The number of nitrogens with zero attached hydrogens (tertiary/aromatic N) is 3. The molecule has 138 valence electrons. The summed E-state index contributed by atoms with van der Waals surface area (Å²) in [6, 6.07) is 9.93. The van der Waals surface area contributed by atoms with E-state index in [0.29, 0.717) is 6.54 Å². The molecule has 0 aliphatic carbocycles. The van der Waals surface area contributed by atoms with Crippen LogP contribution in [0.3, 0.4) is 0 Å². The van der Waals surface area contributed by atoms with E-state index in [1.807, 2.05) is 35.0 Å². The van der Waals surface area contributed by atoms with Gasteiger partial charge in [-0.2, -0.15) is 5.10 Å². The van der Waals surface area contributed by atoms with Crippen LogP contribution >= 0.6 is 0 Å². The van der Waals surface area contributed by atoms with Crippen molar-refractivity contribution in [2.24, 2.45) is 5.92 Å². The van der Waals surface area contributed by atoms with E-state index in [1.165, 1.54) is 0 Å². The van der Waals surface area contributed by atoms with Crippen molar-refractivity contribution in [3.63, 3.8) is 0 Å². The van der Waals surface area contributed by atoms with Gasteiger partial charge in [0.1, 0.15) is 0 Å². The predicted molar refractivity (Wildman–Crippen MR) is 101 cm³/mol. The summed E-state index contributed by atoms with van der Waals surface area (Å²) in [5, 5.41) is 7.54. The first-order valence-electron chi connectivity index (χ1n) is 9.28. The minimum absolute atomic E-state index is 0.0269. The number of carbonyl (C=O) groups is 2. The fourth-order valence-electron chi connectivity index (χ4n) is 3.46. The Morgan fingerprint density at radius 1 is 1.27 bits per heavy atom. The van der Waals surface area contributed by atoms with Gasteiger partial charge >= 0.3 is 0 Å². The number of benzene rings is 1. The zero-order valence-electron chi connectivity index (χ0n) is 15.4. The van der Waals surface area contributed by atoms with Gasteiger partial charge in [0.2, 0.25) is 11.8 Å². The van der Waals surface area contributed by atoms with Gasteiger partial charge in [0.15, 0.2) is 0 Å². The normalized spacial score (nSPS) is 17.2. The van der Waals surface area contributed by atoms with Crippen LogP contribution in [0.25, 0.3) is 5.69 Å². The molecule has 6 heteroatoms. The number of carbonyl (C=O) groups excluding carboxylic acids is 2. The molecule has 0 radical (unpaired) electrons. The van der Waals surface area contributed by atoms with E-state index in [1.54, 1.807) is 18.0 Å². The van der Waals surface area contributed by atoms with E-state index in [0.717, 1.165) is 49.3 Å². The summed E-state index contributed by atoms with van der Waals surface area (Å²) in [4.78, 5) is 26.1. The number of anilines is 1. The molecule has 2 heterocycles. The molecule has 2 aromatic rings. The van der Waals surface area contributed by atoms with Gasteiger partial charge < -0.3 is 10.2 Å². The van der Waals surface area contributed by atoms with Crippen molar-refractivity contribution >= 4 is 17.5 Å². The third-order valence-corrected chi connectivity index (χ3v) is 4.85. The second-order valence-electron chi connectivity index (χ2n) is 6.80. The maximum Gasteiger partial charge on any atom is 0.229 e. The first-order valence-corrected chi connectivity index (χ1v) is 9.28. The van der Waals surface area contributed by atoms with E-state index in [2.05, 4.69) is 17.3 Å². The summed E-state index contributed by atoms with van der Waals surface area (Å²) in [5.41, 5.74) is 2.75. The molecule has 1 atom stereocenters. The van der Waals surface area contributed by atoms with Crippen LogP contribution in [-0.2, 0) is 16.0 Å². The monoisotopic (exact) mass is 354 g/mol. The zero-order valence-corrected chi connectivity index (χ0v) is 15.4. The Morgan fingerprint density at radius 2 is 2.04 bits per heavy atom. The largest absolute Gasteiger partial charge is 0.342 e. The highest BCUT2D eigenvalue weighted by Crippen LogP contribution is 2.24. The summed E-state index contributed by atoms with van der Waals surface area (Å²) in [7, 11) is 0. The lowest BCUT2D eigenvalue weighted by atomic mass is 9.97. The fourth-order valence-corrected chi connectivity index (χ4v) is 3.46. The maximum atomic E-state index is 12.8. The van der Waals surface area contributed by atoms with Gasteiger partial charge in [0.25, 0.3) is 0 Å². The van der Waals surface area contributed by atoms with Gasteiger partial charge in [-0.05, 0) is 31.4 Å². The number of aromatic nitrogens is 2. The zero-order chi connectivity index (χ0) is 18.5. The number of para-hydroxylation sites is 1. The minimum atomic E-state index is -0.165. The molecule has 1 N–H and O–H groups in total. The van der Waals surface area contributed by atoms with Crippen LogP contribution in [0.2, 0.25) is 0 Å². The maximum absolute atomic E-state index is 12.8. The van der Waals surface area contributed by atoms with Crippen molar-refractivity contribution in [2.45, 2.75) is 39.5 Å². The van der Waals surface area contributed by atoms with Gasteiger partial charge in [-0.1, -0.05) is 31.5 Å².